The smallest absolute Gasteiger partial charge is 0.410 e. The summed E-state index contributed by atoms with van der Waals surface area (Å²) in [5.41, 5.74) is 0.403. The number of H-pyrrole nitrogens is 1. The lowest BCUT2D eigenvalue weighted by Crippen LogP contribution is -2.46. The van der Waals surface area contributed by atoms with Crippen molar-refractivity contribution in [2.45, 2.75) is 52.4 Å². The number of carbonyl (C=O) groups is 1. The Hall–Kier alpha value is -2.21. The van der Waals surface area contributed by atoms with Crippen molar-refractivity contribution in [2.75, 3.05) is 13.2 Å². The number of nitrogens with one attached hydrogen (secondary N) is 1. The first kappa shape index (κ1) is 19.1. The zero-order valence-corrected chi connectivity index (χ0v) is 15.6. The third-order valence-corrected chi connectivity index (χ3v) is 3.64. The van der Waals surface area contributed by atoms with Crippen molar-refractivity contribution in [3.05, 3.63) is 30.5 Å². The van der Waals surface area contributed by atoms with Crippen molar-refractivity contribution < 1.29 is 19.4 Å². The third kappa shape index (κ3) is 5.39. The quantitative estimate of drug-likeness (QED) is 0.837. The van der Waals surface area contributed by atoms with E-state index in [1.165, 1.54) is 4.90 Å². The Balaban J connectivity index is 1.96. The van der Waals surface area contributed by atoms with Crippen molar-refractivity contribution in [3.8, 4) is 5.75 Å². The van der Waals surface area contributed by atoms with Gasteiger partial charge in [-0.25, -0.2) is 4.79 Å². The highest BCUT2D eigenvalue weighted by Crippen LogP contribution is 2.24. The number of hydrogen-bond donors (Lipinski definition) is 2. The van der Waals surface area contributed by atoms with Crippen molar-refractivity contribution in [2.24, 2.45) is 0 Å². The maximum atomic E-state index is 12.3. The zero-order valence-electron chi connectivity index (χ0n) is 15.6. The van der Waals surface area contributed by atoms with E-state index in [4.69, 9.17) is 9.47 Å². The van der Waals surface area contributed by atoms with Crippen LogP contribution in [0.5, 0.6) is 5.75 Å². The number of aliphatic hydroxyl groups excluding tert-OH is 1. The molecule has 0 aliphatic carbocycles. The lowest BCUT2D eigenvalue weighted by molar-refractivity contribution is 0.00196. The molecule has 0 saturated carbocycles. The van der Waals surface area contributed by atoms with Crippen molar-refractivity contribution >= 4 is 17.0 Å². The molecule has 6 heteroatoms. The van der Waals surface area contributed by atoms with E-state index in [0.717, 1.165) is 10.9 Å². The molecule has 2 rings (SSSR count). The highest BCUT2D eigenvalue weighted by atomic mass is 16.6. The molecular weight excluding hydrogens is 320 g/mol. The molecule has 1 aromatic heterocycles. The molecule has 0 radical (unpaired) electrons. The van der Waals surface area contributed by atoms with Crippen LogP contribution in [-0.4, -0.2) is 52.0 Å². The predicted octanol–water partition coefficient (Wildman–Crippen LogP) is 3.55. The molecular formula is C19H28N2O4. The van der Waals surface area contributed by atoms with E-state index in [1.54, 1.807) is 0 Å². The minimum atomic E-state index is -0.816. The monoisotopic (exact) mass is 348 g/mol. The molecule has 0 spiro atoms. The van der Waals surface area contributed by atoms with Gasteiger partial charge in [0.25, 0.3) is 0 Å². The summed E-state index contributed by atoms with van der Waals surface area (Å²) in [5, 5.41) is 11.3. The number of ether oxygens (including phenoxy) is 2. The Kier molecular flexibility index (Phi) is 5.95. The average molecular weight is 348 g/mol. The zero-order chi connectivity index (χ0) is 18.6. The number of hydrogen-bond acceptors (Lipinski definition) is 4. The minimum absolute atomic E-state index is 0.0856. The van der Waals surface area contributed by atoms with Gasteiger partial charge in [0.2, 0.25) is 0 Å². The molecule has 1 amide bonds. The Morgan fingerprint density at radius 3 is 2.64 bits per heavy atom. The Morgan fingerprint density at radius 1 is 1.28 bits per heavy atom. The standard InChI is InChI=1S/C19H28N2O4/c1-13(2)21(18(23)25-19(3,4)5)11-14(22)12-24-17-8-6-7-16-15(17)9-10-20-16/h6-10,13-14,20,22H,11-12H2,1-5H3. The molecule has 0 aliphatic rings. The molecule has 2 aromatic rings. The largest absolute Gasteiger partial charge is 0.490 e. The van der Waals surface area contributed by atoms with Crippen LogP contribution in [0.4, 0.5) is 4.79 Å². The number of nitrogens with zero attached hydrogens (tertiary/aromatic N) is 1. The van der Waals surface area contributed by atoms with Gasteiger partial charge in [0, 0.05) is 23.1 Å². The first-order valence-electron chi connectivity index (χ1n) is 8.54. The van der Waals surface area contributed by atoms with E-state index in [9.17, 15) is 9.90 Å². The molecule has 0 aliphatic heterocycles. The number of fused-ring (bicyclic) bond motifs is 1. The van der Waals surface area contributed by atoms with E-state index in [-0.39, 0.29) is 19.2 Å². The molecule has 1 heterocycles. The van der Waals surface area contributed by atoms with Gasteiger partial charge in [-0.3, -0.25) is 0 Å². The summed E-state index contributed by atoms with van der Waals surface area (Å²) in [4.78, 5) is 16.9. The van der Waals surface area contributed by atoms with Crippen LogP contribution < -0.4 is 4.74 Å². The van der Waals surface area contributed by atoms with Crippen molar-refractivity contribution in [3.63, 3.8) is 0 Å². The van der Waals surface area contributed by atoms with Gasteiger partial charge in [0.1, 0.15) is 24.1 Å². The summed E-state index contributed by atoms with van der Waals surface area (Å²) in [6.45, 7) is 9.48. The summed E-state index contributed by atoms with van der Waals surface area (Å²) in [6, 6.07) is 7.55. The fourth-order valence-electron chi connectivity index (χ4n) is 2.46. The van der Waals surface area contributed by atoms with Crippen LogP contribution in [0.2, 0.25) is 0 Å². The predicted molar refractivity (Wildman–Crippen MR) is 97.9 cm³/mol. The van der Waals surface area contributed by atoms with Gasteiger partial charge in [-0.1, -0.05) is 6.07 Å². The van der Waals surface area contributed by atoms with Gasteiger partial charge in [0.15, 0.2) is 0 Å². The van der Waals surface area contributed by atoms with Gasteiger partial charge < -0.3 is 24.5 Å². The highest BCUT2D eigenvalue weighted by molar-refractivity contribution is 5.85. The molecule has 0 saturated heterocycles. The second-order valence-electron chi connectivity index (χ2n) is 7.39. The van der Waals surface area contributed by atoms with E-state index in [0.29, 0.717) is 5.75 Å². The second-order valence-corrected chi connectivity index (χ2v) is 7.39. The number of carbonyl (C=O) groups excluding carboxylic acids is 1. The summed E-state index contributed by atoms with van der Waals surface area (Å²) in [5.74, 6) is 0.700. The number of aliphatic hydroxyl groups is 1. The van der Waals surface area contributed by atoms with E-state index >= 15 is 0 Å². The average Bonchev–Trinajstić information content (AvgIpc) is 2.97. The van der Waals surface area contributed by atoms with E-state index in [1.807, 2.05) is 65.1 Å². The van der Waals surface area contributed by atoms with Crippen LogP contribution in [0.15, 0.2) is 30.5 Å². The van der Waals surface area contributed by atoms with Gasteiger partial charge >= 0.3 is 6.09 Å². The summed E-state index contributed by atoms with van der Waals surface area (Å²) >= 11 is 0. The number of benzene rings is 1. The van der Waals surface area contributed by atoms with Gasteiger partial charge in [-0.05, 0) is 52.8 Å². The minimum Gasteiger partial charge on any atom is -0.490 e. The normalized spacial score (nSPS) is 13.1. The van der Waals surface area contributed by atoms with Crippen LogP contribution in [-0.2, 0) is 4.74 Å². The molecule has 1 atom stereocenters. The Morgan fingerprint density at radius 2 is 2.00 bits per heavy atom. The van der Waals surface area contributed by atoms with Crippen LogP contribution >= 0.6 is 0 Å². The summed E-state index contributed by atoms with van der Waals surface area (Å²) in [6.07, 6.45) is 0.593. The summed E-state index contributed by atoms with van der Waals surface area (Å²) in [7, 11) is 0. The van der Waals surface area contributed by atoms with Crippen LogP contribution in [0.1, 0.15) is 34.6 Å². The fourth-order valence-corrected chi connectivity index (χ4v) is 2.46. The molecule has 6 nitrogen and oxygen atoms in total. The molecule has 25 heavy (non-hydrogen) atoms. The van der Waals surface area contributed by atoms with E-state index < -0.39 is 17.8 Å². The maximum absolute atomic E-state index is 12.3. The van der Waals surface area contributed by atoms with Crippen LogP contribution in [0, 0.1) is 0 Å². The molecule has 0 bridgehead atoms. The van der Waals surface area contributed by atoms with Gasteiger partial charge in [-0.15, -0.1) is 0 Å². The third-order valence-electron chi connectivity index (χ3n) is 3.64. The van der Waals surface area contributed by atoms with Gasteiger partial charge in [0.05, 0.1) is 6.54 Å². The highest BCUT2D eigenvalue weighted by Gasteiger charge is 2.26. The number of aromatic nitrogens is 1. The topological polar surface area (TPSA) is 74.8 Å². The SMILES string of the molecule is CC(C)N(CC(O)COc1cccc2[nH]ccc12)C(=O)OC(C)(C)C. The van der Waals surface area contributed by atoms with Gasteiger partial charge in [-0.2, -0.15) is 0 Å². The molecule has 2 N–H and O–H groups in total. The molecule has 138 valence electrons. The maximum Gasteiger partial charge on any atom is 0.410 e. The molecule has 0 fully saturated rings. The lowest BCUT2D eigenvalue weighted by Gasteiger charge is -2.31. The number of amides is 1. The fraction of sp³-hybridized carbons (Fsp3) is 0.526. The molecule has 1 aromatic carbocycles. The van der Waals surface area contributed by atoms with Crippen molar-refractivity contribution in [1.29, 1.82) is 0 Å². The number of rotatable bonds is 6. The summed E-state index contributed by atoms with van der Waals surface area (Å²) < 4.78 is 11.2. The Bertz CT molecular complexity index is 703. The second kappa shape index (κ2) is 7.78. The van der Waals surface area contributed by atoms with E-state index in [2.05, 4.69) is 4.98 Å². The molecule has 1 unspecified atom stereocenters. The first-order valence-corrected chi connectivity index (χ1v) is 8.54. The van der Waals surface area contributed by atoms with Crippen molar-refractivity contribution in [1.82, 2.24) is 9.88 Å². The first-order chi connectivity index (χ1) is 11.7. The Labute approximate surface area is 148 Å². The van der Waals surface area contributed by atoms with Crippen LogP contribution in [0.25, 0.3) is 10.9 Å². The lowest BCUT2D eigenvalue weighted by atomic mass is 10.2. The van der Waals surface area contributed by atoms with Crippen LogP contribution in [0.3, 0.4) is 0 Å². The number of aromatic amines is 1.